The van der Waals surface area contributed by atoms with E-state index in [2.05, 4.69) is 71.5 Å². The Kier molecular flexibility index (Phi) is 9.47. The van der Waals surface area contributed by atoms with Gasteiger partial charge in [-0.2, -0.15) is 0 Å². The molecule has 1 atom stereocenters. The average molecular weight is 414 g/mol. The van der Waals surface area contributed by atoms with Crippen LogP contribution in [0.25, 0.3) is 0 Å². The highest BCUT2D eigenvalue weighted by atomic mass is 15.2. The van der Waals surface area contributed by atoms with Crippen LogP contribution in [-0.2, 0) is 0 Å². The number of rotatable bonds is 8. The van der Waals surface area contributed by atoms with Crippen LogP contribution in [0.15, 0.2) is 35.3 Å². The summed E-state index contributed by atoms with van der Waals surface area (Å²) >= 11 is 0. The summed E-state index contributed by atoms with van der Waals surface area (Å²) in [6, 6.07) is 11.9. The van der Waals surface area contributed by atoms with Gasteiger partial charge in [-0.15, -0.1) is 0 Å². The summed E-state index contributed by atoms with van der Waals surface area (Å²) in [6.45, 7) is 14.6. The number of hydrogen-bond donors (Lipinski definition) is 2. The number of nitrogens with zero attached hydrogens (tertiary/aromatic N) is 3. The van der Waals surface area contributed by atoms with Crippen LogP contribution in [0.1, 0.15) is 64.5 Å². The first-order chi connectivity index (χ1) is 14.7. The Labute approximate surface area is 184 Å². The maximum absolute atomic E-state index is 4.91. The zero-order valence-corrected chi connectivity index (χ0v) is 19.4. The van der Waals surface area contributed by atoms with Crippen LogP contribution < -0.4 is 10.6 Å². The van der Waals surface area contributed by atoms with E-state index in [9.17, 15) is 0 Å². The molecule has 1 aromatic carbocycles. The van der Waals surface area contributed by atoms with E-state index in [1.54, 1.807) is 0 Å². The van der Waals surface area contributed by atoms with Crippen molar-refractivity contribution >= 4 is 5.96 Å². The van der Waals surface area contributed by atoms with Gasteiger partial charge in [-0.1, -0.05) is 37.3 Å². The monoisotopic (exact) mass is 413 g/mol. The second-order valence-electron chi connectivity index (χ2n) is 8.97. The average Bonchev–Trinajstić information content (AvgIpc) is 2.80. The van der Waals surface area contributed by atoms with E-state index in [0.717, 1.165) is 38.1 Å². The number of nitrogens with one attached hydrogen (secondary N) is 2. The number of piperidine rings is 2. The van der Waals surface area contributed by atoms with E-state index >= 15 is 0 Å². The SMILES string of the molecule is CCNC(=NCCC1CCN(CC)CC1)NC1CCN(C(C)c2ccccc2)CC1. The molecule has 2 aliphatic rings. The van der Waals surface area contributed by atoms with Crippen molar-refractivity contribution in [1.29, 1.82) is 0 Å². The van der Waals surface area contributed by atoms with E-state index in [-0.39, 0.29) is 0 Å². The highest BCUT2D eigenvalue weighted by molar-refractivity contribution is 5.80. The maximum atomic E-state index is 4.91. The Hall–Kier alpha value is -1.59. The Morgan fingerprint density at radius 3 is 2.37 bits per heavy atom. The van der Waals surface area contributed by atoms with Gasteiger partial charge in [0.1, 0.15) is 0 Å². The van der Waals surface area contributed by atoms with Gasteiger partial charge in [0.05, 0.1) is 0 Å². The van der Waals surface area contributed by atoms with Crippen LogP contribution in [0.5, 0.6) is 0 Å². The van der Waals surface area contributed by atoms with Gasteiger partial charge in [0.2, 0.25) is 0 Å². The van der Waals surface area contributed by atoms with Gasteiger partial charge in [0, 0.05) is 38.3 Å². The van der Waals surface area contributed by atoms with Crippen LogP contribution in [-0.4, -0.2) is 67.6 Å². The zero-order valence-electron chi connectivity index (χ0n) is 19.4. The van der Waals surface area contributed by atoms with Gasteiger partial charge >= 0.3 is 0 Å². The van der Waals surface area contributed by atoms with Crippen LogP contribution in [0.3, 0.4) is 0 Å². The molecule has 2 aliphatic heterocycles. The van der Waals surface area contributed by atoms with Crippen LogP contribution in [0.2, 0.25) is 0 Å². The summed E-state index contributed by atoms with van der Waals surface area (Å²) in [5, 5.41) is 7.17. The summed E-state index contributed by atoms with van der Waals surface area (Å²) in [4.78, 5) is 10.1. The predicted molar refractivity (Wildman–Crippen MR) is 128 cm³/mol. The third-order valence-electron chi connectivity index (χ3n) is 7.01. The molecule has 0 bridgehead atoms. The number of hydrogen-bond acceptors (Lipinski definition) is 3. The zero-order chi connectivity index (χ0) is 21.2. The van der Waals surface area contributed by atoms with Gasteiger partial charge in [-0.25, -0.2) is 0 Å². The fraction of sp³-hybridized carbons (Fsp3) is 0.720. The lowest BCUT2D eigenvalue weighted by atomic mass is 9.94. The number of likely N-dealkylation sites (tertiary alicyclic amines) is 2. The summed E-state index contributed by atoms with van der Waals surface area (Å²) in [5.74, 6) is 1.86. The third kappa shape index (κ3) is 6.98. The van der Waals surface area contributed by atoms with Crippen molar-refractivity contribution in [2.45, 2.75) is 65.0 Å². The normalized spacial score (nSPS) is 21.5. The third-order valence-corrected chi connectivity index (χ3v) is 7.01. The van der Waals surface area contributed by atoms with Crippen LogP contribution in [0, 0.1) is 5.92 Å². The molecular formula is C25H43N5. The number of aliphatic imine (C=N–C) groups is 1. The van der Waals surface area contributed by atoms with Crippen molar-refractivity contribution < 1.29 is 0 Å². The molecule has 5 heteroatoms. The van der Waals surface area contributed by atoms with E-state index < -0.39 is 0 Å². The molecule has 168 valence electrons. The Morgan fingerprint density at radius 2 is 1.73 bits per heavy atom. The molecule has 2 fully saturated rings. The first-order valence-electron chi connectivity index (χ1n) is 12.3. The van der Waals surface area contributed by atoms with Gasteiger partial charge in [0.25, 0.3) is 0 Å². The maximum Gasteiger partial charge on any atom is 0.191 e. The lowest BCUT2D eigenvalue weighted by Gasteiger charge is -2.37. The number of benzene rings is 1. The van der Waals surface area contributed by atoms with Gasteiger partial charge in [-0.3, -0.25) is 9.89 Å². The first-order valence-corrected chi connectivity index (χ1v) is 12.3. The van der Waals surface area contributed by atoms with Crippen molar-refractivity contribution in [2.24, 2.45) is 10.9 Å². The molecule has 0 aliphatic carbocycles. The van der Waals surface area contributed by atoms with E-state index in [1.165, 1.54) is 57.3 Å². The summed E-state index contributed by atoms with van der Waals surface area (Å²) in [6.07, 6.45) is 6.26. The van der Waals surface area contributed by atoms with Crippen LogP contribution in [0.4, 0.5) is 0 Å². The summed E-state index contributed by atoms with van der Waals surface area (Å²) in [7, 11) is 0. The molecule has 5 nitrogen and oxygen atoms in total. The Morgan fingerprint density at radius 1 is 1.03 bits per heavy atom. The van der Waals surface area contributed by atoms with Gasteiger partial charge < -0.3 is 15.5 Å². The molecule has 2 N–H and O–H groups in total. The molecular weight excluding hydrogens is 370 g/mol. The van der Waals surface area contributed by atoms with Gasteiger partial charge in [0.15, 0.2) is 5.96 Å². The molecule has 30 heavy (non-hydrogen) atoms. The van der Waals surface area contributed by atoms with Crippen molar-refractivity contribution in [3.8, 4) is 0 Å². The van der Waals surface area contributed by atoms with E-state index in [4.69, 9.17) is 4.99 Å². The molecule has 0 amide bonds. The molecule has 0 saturated carbocycles. The molecule has 0 spiro atoms. The first kappa shape index (κ1) is 23.1. The molecule has 1 aromatic rings. The second-order valence-corrected chi connectivity index (χ2v) is 8.97. The van der Waals surface area contributed by atoms with Crippen molar-refractivity contribution in [3.63, 3.8) is 0 Å². The lowest BCUT2D eigenvalue weighted by molar-refractivity contribution is 0.158. The fourth-order valence-electron chi connectivity index (χ4n) is 4.84. The molecule has 2 saturated heterocycles. The number of guanidine groups is 1. The van der Waals surface area contributed by atoms with Crippen LogP contribution >= 0.6 is 0 Å². The fourth-order valence-corrected chi connectivity index (χ4v) is 4.84. The largest absolute Gasteiger partial charge is 0.357 e. The predicted octanol–water partition coefficient (Wildman–Crippen LogP) is 3.89. The van der Waals surface area contributed by atoms with Crippen molar-refractivity contribution in [1.82, 2.24) is 20.4 Å². The summed E-state index contributed by atoms with van der Waals surface area (Å²) < 4.78 is 0. The second kappa shape index (κ2) is 12.3. The minimum Gasteiger partial charge on any atom is -0.357 e. The topological polar surface area (TPSA) is 42.9 Å². The quantitative estimate of drug-likeness (QED) is 0.501. The van der Waals surface area contributed by atoms with Crippen molar-refractivity contribution in [2.75, 3.05) is 45.8 Å². The minimum absolute atomic E-state index is 0.494. The highest BCUT2D eigenvalue weighted by Gasteiger charge is 2.24. The molecule has 0 radical (unpaired) electrons. The molecule has 3 rings (SSSR count). The smallest absolute Gasteiger partial charge is 0.191 e. The Balaban J connectivity index is 1.41. The molecule has 0 aromatic heterocycles. The molecule has 2 heterocycles. The van der Waals surface area contributed by atoms with E-state index in [1.807, 2.05) is 0 Å². The van der Waals surface area contributed by atoms with Crippen molar-refractivity contribution in [3.05, 3.63) is 35.9 Å². The van der Waals surface area contributed by atoms with Gasteiger partial charge in [-0.05, 0) is 77.1 Å². The lowest BCUT2D eigenvalue weighted by Crippen LogP contribution is -2.49. The minimum atomic E-state index is 0.494. The molecule has 1 unspecified atom stereocenters. The standard InChI is InChI=1S/C25H43N5/c1-4-26-25(27-16-11-22-12-17-29(5-2)18-13-22)28-24-14-19-30(20-15-24)21(3)23-9-7-6-8-10-23/h6-10,21-22,24H,4-5,11-20H2,1-3H3,(H2,26,27,28). The van der Waals surface area contributed by atoms with E-state index in [0.29, 0.717) is 12.1 Å². The summed E-state index contributed by atoms with van der Waals surface area (Å²) in [5.41, 5.74) is 1.42. The highest BCUT2D eigenvalue weighted by Crippen LogP contribution is 2.24. The Bertz CT molecular complexity index is 616.